The number of rotatable bonds is 15. The van der Waals surface area contributed by atoms with Gasteiger partial charge in [-0.15, -0.1) is 0 Å². The predicted octanol–water partition coefficient (Wildman–Crippen LogP) is 3.37. The summed E-state index contributed by atoms with van der Waals surface area (Å²) in [5.74, 6) is 0.346. The molecule has 1 unspecified atom stereocenters. The summed E-state index contributed by atoms with van der Waals surface area (Å²) >= 11 is 0. The number of carbonyl (C=O) groups excluding carboxylic acids is 4. The number of anilines is 2. The van der Waals surface area contributed by atoms with Gasteiger partial charge >= 0.3 is 0 Å². The molecule has 0 spiro atoms. The zero-order valence-corrected chi connectivity index (χ0v) is 23.6. The molecule has 2 aliphatic rings. The second kappa shape index (κ2) is 13.4. The lowest BCUT2D eigenvalue weighted by Crippen LogP contribution is -2.44. The zero-order valence-electron chi connectivity index (χ0n) is 23.6. The van der Waals surface area contributed by atoms with Gasteiger partial charge in [0.05, 0.1) is 23.5 Å². The highest BCUT2D eigenvalue weighted by Crippen LogP contribution is 2.40. The number of aromatic nitrogens is 3. The Morgan fingerprint density at radius 1 is 1.14 bits per heavy atom. The standard InChI is InChI=1S/C31H37N7O4/c32-30(41)28(7-3-14-39)36-31(42)26-17-24(10-9-22(26)20-40)33-11-2-5-21-15-25(16-21)38-19-23(18-34-38)27-6-1-8-29(35-27)37-12-4-13-37/h1,6,8-10,14,17-21,25,28,33H,2-5,7,11-13,15-16H2,(H2,32,41)(H,36,42)/t21-,25-,28?. The number of hydrogen-bond acceptors (Lipinski definition) is 8. The summed E-state index contributed by atoms with van der Waals surface area (Å²) in [4.78, 5) is 53.7. The molecule has 3 heterocycles. The quantitative estimate of drug-likeness (QED) is 0.185. The summed E-state index contributed by atoms with van der Waals surface area (Å²) in [7, 11) is 0. The van der Waals surface area contributed by atoms with Gasteiger partial charge < -0.3 is 26.1 Å². The Balaban J connectivity index is 1.07. The van der Waals surface area contributed by atoms with Crippen molar-refractivity contribution in [3.8, 4) is 11.3 Å². The summed E-state index contributed by atoms with van der Waals surface area (Å²) < 4.78 is 2.07. The van der Waals surface area contributed by atoms with Crippen molar-refractivity contribution >= 4 is 35.9 Å². The van der Waals surface area contributed by atoms with Crippen molar-refractivity contribution in [1.29, 1.82) is 0 Å². The van der Waals surface area contributed by atoms with Crippen molar-refractivity contribution < 1.29 is 19.2 Å². The van der Waals surface area contributed by atoms with Crippen LogP contribution in [0.15, 0.2) is 48.8 Å². The van der Waals surface area contributed by atoms with Gasteiger partial charge in [0, 0.05) is 49.1 Å². The van der Waals surface area contributed by atoms with Crippen LogP contribution in [0.3, 0.4) is 0 Å². The minimum absolute atomic E-state index is 0.0889. The Morgan fingerprint density at radius 3 is 2.69 bits per heavy atom. The molecule has 1 aliphatic carbocycles. The second-order valence-corrected chi connectivity index (χ2v) is 11.1. The Kier molecular flexibility index (Phi) is 9.25. The van der Waals surface area contributed by atoms with Crippen molar-refractivity contribution in [3.05, 3.63) is 59.9 Å². The number of hydrogen-bond donors (Lipinski definition) is 3. The molecule has 1 aliphatic heterocycles. The second-order valence-electron chi connectivity index (χ2n) is 11.1. The fourth-order valence-electron chi connectivity index (χ4n) is 5.47. The van der Waals surface area contributed by atoms with Crippen LogP contribution >= 0.6 is 0 Å². The van der Waals surface area contributed by atoms with Crippen molar-refractivity contribution in [3.63, 3.8) is 0 Å². The lowest BCUT2D eigenvalue weighted by Gasteiger charge is -2.35. The molecule has 0 radical (unpaired) electrons. The van der Waals surface area contributed by atoms with Crippen molar-refractivity contribution in [2.75, 3.05) is 29.9 Å². The van der Waals surface area contributed by atoms with E-state index in [9.17, 15) is 19.2 Å². The molecule has 220 valence electrons. The van der Waals surface area contributed by atoms with Crippen LogP contribution in [0, 0.1) is 5.92 Å². The van der Waals surface area contributed by atoms with E-state index in [1.807, 2.05) is 12.3 Å². The van der Waals surface area contributed by atoms with Crippen LogP contribution in [-0.4, -0.2) is 64.8 Å². The Bertz CT molecular complexity index is 1430. The van der Waals surface area contributed by atoms with Crippen molar-refractivity contribution in [2.45, 2.75) is 57.0 Å². The third kappa shape index (κ3) is 6.84. The maximum atomic E-state index is 12.8. The third-order valence-corrected chi connectivity index (χ3v) is 8.16. The van der Waals surface area contributed by atoms with Crippen LogP contribution in [0.4, 0.5) is 11.5 Å². The smallest absolute Gasteiger partial charge is 0.252 e. The molecule has 1 aromatic carbocycles. The van der Waals surface area contributed by atoms with Crippen molar-refractivity contribution in [1.82, 2.24) is 20.1 Å². The normalized spacial score (nSPS) is 18.3. The molecule has 11 heteroatoms. The van der Waals surface area contributed by atoms with Gasteiger partial charge in [-0.3, -0.25) is 19.1 Å². The van der Waals surface area contributed by atoms with Crippen LogP contribution in [-0.2, 0) is 9.59 Å². The molecule has 1 saturated heterocycles. The van der Waals surface area contributed by atoms with Crippen LogP contribution in [0.1, 0.15) is 71.7 Å². The molecular formula is C31H37N7O4. The largest absolute Gasteiger partial charge is 0.385 e. The van der Waals surface area contributed by atoms with Gasteiger partial charge in [0.15, 0.2) is 6.29 Å². The Morgan fingerprint density at radius 2 is 1.98 bits per heavy atom. The van der Waals surface area contributed by atoms with E-state index in [0.29, 0.717) is 30.2 Å². The Hall–Kier alpha value is -4.54. The highest BCUT2D eigenvalue weighted by molar-refractivity contribution is 6.03. The summed E-state index contributed by atoms with van der Waals surface area (Å²) in [6.45, 7) is 2.86. The van der Waals surface area contributed by atoms with E-state index in [1.165, 1.54) is 6.42 Å². The minimum Gasteiger partial charge on any atom is -0.385 e. The maximum absolute atomic E-state index is 12.8. The average Bonchev–Trinajstić information content (AvgIpc) is 3.43. The molecule has 1 atom stereocenters. The zero-order chi connectivity index (χ0) is 29.5. The number of primary amides is 1. The van der Waals surface area contributed by atoms with E-state index in [1.54, 1.807) is 18.2 Å². The molecule has 5 rings (SSSR count). The van der Waals surface area contributed by atoms with E-state index in [4.69, 9.17) is 10.7 Å². The van der Waals surface area contributed by atoms with Crippen LogP contribution in [0.5, 0.6) is 0 Å². The average molecular weight is 572 g/mol. The van der Waals surface area contributed by atoms with E-state index in [-0.39, 0.29) is 24.0 Å². The first-order valence-corrected chi connectivity index (χ1v) is 14.6. The molecule has 2 fully saturated rings. The van der Waals surface area contributed by atoms with Crippen LogP contribution < -0.4 is 21.3 Å². The Labute approximate surface area is 244 Å². The van der Waals surface area contributed by atoms with E-state index >= 15 is 0 Å². The SMILES string of the molecule is NC(=O)C(CCC=O)NC(=O)c1cc(NCCC[C@H]2C[C@H](n3cc(-c4cccc(N5CCC5)n4)cn3)C2)ccc1C=O. The topological polar surface area (TPSA) is 152 Å². The number of carbonyl (C=O) groups is 4. The minimum atomic E-state index is -0.989. The molecule has 2 aromatic heterocycles. The highest BCUT2D eigenvalue weighted by atomic mass is 16.2. The molecule has 1 saturated carbocycles. The van der Waals surface area contributed by atoms with Gasteiger partial charge in [0.2, 0.25) is 5.91 Å². The molecule has 3 aromatic rings. The van der Waals surface area contributed by atoms with Crippen molar-refractivity contribution in [2.24, 2.45) is 11.7 Å². The number of benzene rings is 1. The molecule has 4 N–H and O–H groups in total. The maximum Gasteiger partial charge on any atom is 0.252 e. The van der Waals surface area contributed by atoms with Gasteiger partial charge in [0.25, 0.3) is 5.91 Å². The number of amides is 2. The summed E-state index contributed by atoms with van der Waals surface area (Å²) in [5, 5.41) is 10.5. The van der Waals surface area contributed by atoms with Gasteiger partial charge in [-0.25, -0.2) is 4.98 Å². The summed E-state index contributed by atoms with van der Waals surface area (Å²) in [6.07, 6.45) is 10.9. The first kappa shape index (κ1) is 29.0. The lowest BCUT2D eigenvalue weighted by molar-refractivity contribution is -0.120. The van der Waals surface area contributed by atoms with Gasteiger partial charge in [-0.1, -0.05) is 6.07 Å². The molecule has 2 amide bonds. The fourth-order valence-corrected chi connectivity index (χ4v) is 5.47. The van der Waals surface area contributed by atoms with E-state index < -0.39 is 17.9 Å². The first-order valence-electron chi connectivity index (χ1n) is 14.6. The highest BCUT2D eigenvalue weighted by Gasteiger charge is 2.30. The predicted molar refractivity (Wildman–Crippen MR) is 159 cm³/mol. The number of aldehydes is 2. The monoisotopic (exact) mass is 571 g/mol. The number of nitrogens with one attached hydrogen (secondary N) is 2. The third-order valence-electron chi connectivity index (χ3n) is 8.16. The first-order chi connectivity index (χ1) is 20.4. The fraction of sp³-hybridized carbons (Fsp3) is 0.419. The van der Waals surface area contributed by atoms with Gasteiger partial charge in [-0.05, 0) is 74.8 Å². The number of nitrogens with zero attached hydrogens (tertiary/aromatic N) is 4. The lowest BCUT2D eigenvalue weighted by atomic mass is 9.77. The van der Waals surface area contributed by atoms with E-state index in [2.05, 4.69) is 43.6 Å². The van der Waals surface area contributed by atoms with Crippen LogP contribution in [0.2, 0.25) is 0 Å². The summed E-state index contributed by atoms with van der Waals surface area (Å²) in [5.41, 5.74) is 8.42. The number of pyridine rings is 1. The number of nitrogens with two attached hydrogens (primary N) is 1. The molecule has 0 bridgehead atoms. The van der Waals surface area contributed by atoms with Gasteiger partial charge in [-0.2, -0.15) is 5.10 Å². The van der Waals surface area contributed by atoms with Gasteiger partial charge in [0.1, 0.15) is 18.1 Å². The molecule has 11 nitrogen and oxygen atoms in total. The molecule has 42 heavy (non-hydrogen) atoms. The summed E-state index contributed by atoms with van der Waals surface area (Å²) in [6, 6.07) is 10.5. The molecular weight excluding hydrogens is 534 g/mol. The van der Waals surface area contributed by atoms with Crippen LogP contribution in [0.25, 0.3) is 11.3 Å². The van der Waals surface area contributed by atoms with E-state index in [0.717, 1.165) is 62.4 Å².